The molecule has 1 aliphatic heterocycles. The number of hydrogen-bond donors (Lipinski definition) is 0. The van der Waals surface area contributed by atoms with E-state index in [1.807, 2.05) is 51.1 Å². The molecule has 5 rings (SSSR count). The van der Waals surface area contributed by atoms with Crippen LogP contribution in [0.3, 0.4) is 0 Å². The minimum Gasteiger partial charge on any atom is -0.464 e. The molecule has 41 heavy (non-hydrogen) atoms. The lowest BCUT2D eigenvalue weighted by molar-refractivity contribution is -0.137. The monoisotopic (exact) mass is 555 g/mol. The third kappa shape index (κ3) is 5.17. The Hall–Kier alpha value is -4.24. The first-order valence-corrected chi connectivity index (χ1v) is 14.0. The lowest BCUT2D eigenvalue weighted by atomic mass is 9.90. The fourth-order valence-corrected chi connectivity index (χ4v) is 5.60. The van der Waals surface area contributed by atoms with E-state index >= 15 is 0 Å². The van der Waals surface area contributed by atoms with Crippen LogP contribution in [-0.4, -0.2) is 46.4 Å². The van der Waals surface area contributed by atoms with Crippen molar-refractivity contribution >= 4 is 34.2 Å². The number of carbonyl (C=O) groups is 2. The number of nitrogens with zero attached hydrogens (tertiary/aromatic N) is 5. The zero-order valence-electron chi connectivity index (χ0n) is 24.6. The third-order valence-electron chi connectivity index (χ3n) is 8.08. The van der Waals surface area contributed by atoms with Gasteiger partial charge in [-0.05, 0) is 70.0 Å². The average molecular weight is 556 g/mol. The summed E-state index contributed by atoms with van der Waals surface area (Å²) in [6.45, 7) is 12.0. The molecule has 4 heterocycles. The molecule has 0 saturated heterocycles. The van der Waals surface area contributed by atoms with E-state index in [9.17, 15) is 14.4 Å². The Morgan fingerprint density at radius 3 is 2.51 bits per heavy atom. The summed E-state index contributed by atoms with van der Waals surface area (Å²) in [5, 5.41) is 0.610. The van der Waals surface area contributed by atoms with E-state index in [4.69, 9.17) is 4.42 Å². The number of fused-ring (bicyclic) bond motifs is 2. The van der Waals surface area contributed by atoms with Gasteiger partial charge in [0.1, 0.15) is 11.0 Å². The van der Waals surface area contributed by atoms with Crippen LogP contribution in [0.1, 0.15) is 43.2 Å². The van der Waals surface area contributed by atoms with Crippen LogP contribution in [0.4, 0.5) is 11.4 Å². The zero-order chi connectivity index (χ0) is 29.5. The normalized spacial score (nSPS) is 15.1. The summed E-state index contributed by atoms with van der Waals surface area (Å²) in [6.07, 6.45) is 5.18. The first-order valence-electron chi connectivity index (χ1n) is 14.0. The second kappa shape index (κ2) is 11.0. The van der Waals surface area contributed by atoms with Gasteiger partial charge in [-0.1, -0.05) is 12.1 Å². The van der Waals surface area contributed by atoms with Gasteiger partial charge in [0.15, 0.2) is 0 Å². The first-order chi connectivity index (χ1) is 19.5. The van der Waals surface area contributed by atoms with Crippen LogP contribution in [0.15, 0.2) is 64.3 Å². The lowest BCUT2D eigenvalue weighted by Gasteiger charge is -2.27. The maximum atomic E-state index is 13.3. The molecule has 3 aromatic heterocycles. The standard InChI is InChI=1S/C32H37N5O4/c1-7-37-25-11-10-23(17-26(25)34(6)30(39)32(4,5)31(37)40)18-35(19-24-9-8-13-33-22(24)3)15-16-36-14-12-27-28(29(36)38)21(2)20-41-27/h8-14,17,20H,7,15-16,18-19H2,1-6H3. The summed E-state index contributed by atoms with van der Waals surface area (Å²) >= 11 is 0. The fourth-order valence-electron chi connectivity index (χ4n) is 5.60. The van der Waals surface area contributed by atoms with Crippen LogP contribution < -0.4 is 15.4 Å². The Morgan fingerprint density at radius 1 is 1.00 bits per heavy atom. The number of furan rings is 1. The molecule has 4 aromatic rings. The molecule has 0 saturated carbocycles. The molecule has 0 fully saturated rings. The van der Waals surface area contributed by atoms with Gasteiger partial charge in [0.2, 0.25) is 11.8 Å². The van der Waals surface area contributed by atoms with Crippen molar-refractivity contribution in [1.29, 1.82) is 0 Å². The molecule has 1 aliphatic rings. The maximum Gasteiger partial charge on any atom is 0.262 e. The van der Waals surface area contributed by atoms with Gasteiger partial charge in [-0.15, -0.1) is 0 Å². The predicted octanol–water partition coefficient (Wildman–Crippen LogP) is 4.66. The predicted molar refractivity (Wildman–Crippen MR) is 160 cm³/mol. The van der Waals surface area contributed by atoms with Gasteiger partial charge < -0.3 is 18.8 Å². The highest BCUT2D eigenvalue weighted by Crippen LogP contribution is 2.39. The van der Waals surface area contributed by atoms with E-state index in [2.05, 4.69) is 16.0 Å². The summed E-state index contributed by atoms with van der Waals surface area (Å²) in [5.74, 6) is -0.434. The van der Waals surface area contributed by atoms with E-state index in [0.717, 1.165) is 28.1 Å². The Bertz CT molecular complexity index is 1690. The van der Waals surface area contributed by atoms with Crippen LogP contribution in [0.5, 0.6) is 0 Å². The molecule has 1 aromatic carbocycles. The van der Waals surface area contributed by atoms with Gasteiger partial charge in [0.05, 0.1) is 23.0 Å². The van der Waals surface area contributed by atoms with Crippen molar-refractivity contribution in [3.63, 3.8) is 0 Å². The molecule has 9 heteroatoms. The molecular weight excluding hydrogens is 518 g/mol. The second-order valence-electron chi connectivity index (χ2n) is 11.3. The molecule has 0 unspecified atom stereocenters. The Labute approximate surface area is 240 Å². The van der Waals surface area contributed by atoms with Crippen molar-refractivity contribution in [2.75, 3.05) is 29.9 Å². The topological polar surface area (TPSA) is 91.9 Å². The zero-order valence-corrected chi connectivity index (χ0v) is 24.6. The van der Waals surface area contributed by atoms with Gasteiger partial charge in [-0.2, -0.15) is 0 Å². The summed E-state index contributed by atoms with van der Waals surface area (Å²) in [5.41, 5.74) is 4.70. The maximum absolute atomic E-state index is 13.3. The van der Waals surface area contributed by atoms with Crippen LogP contribution in [0.25, 0.3) is 11.0 Å². The van der Waals surface area contributed by atoms with Crippen molar-refractivity contribution in [2.24, 2.45) is 5.41 Å². The van der Waals surface area contributed by atoms with E-state index < -0.39 is 5.41 Å². The SMILES string of the molecule is CCN1C(=O)C(C)(C)C(=O)N(C)c2cc(CN(CCn3ccc4occ(C)c4c3=O)Cc3cccnc3C)ccc21. The van der Waals surface area contributed by atoms with Crippen molar-refractivity contribution < 1.29 is 14.0 Å². The summed E-state index contributed by atoms with van der Waals surface area (Å²) in [6, 6.07) is 11.8. The lowest BCUT2D eigenvalue weighted by Crippen LogP contribution is -2.47. The summed E-state index contributed by atoms with van der Waals surface area (Å²) in [7, 11) is 1.73. The smallest absolute Gasteiger partial charge is 0.262 e. The van der Waals surface area contributed by atoms with E-state index in [-0.39, 0.29) is 17.4 Å². The highest BCUT2D eigenvalue weighted by atomic mass is 16.3. The van der Waals surface area contributed by atoms with Crippen molar-refractivity contribution in [3.05, 3.63) is 87.8 Å². The average Bonchev–Trinajstić information content (AvgIpc) is 3.32. The Morgan fingerprint density at radius 2 is 1.78 bits per heavy atom. The largest absolute Gasteiger partial charge is 0.464 e. The molecule has 9 nitrogen and oxygen atoms in total. The molecule has 0 atom stereocenters. The quantitative estimate of drug-likeness (QED) is 0.294. The molecule has 2 amide bonds. The molecular formula is C32H37N5O4. The van der Waals surface area contributed by atoms with Crippen molar-refractivity contribution in [3.8, 4) is 0 Å². The van der Waals surface area contributed by atoms with Gasteiger partial charge in [-0.3, -0.25) is 24.3 Å². The number of benzene rings is 1. The second-order valence-corrected chi connectivity index (χ2v) is 11.3. The van der Waals surface area contributed by atoms with Gasteiger partial charge in [-0.25, -0.2) is 0 Å². The van der Waals surface area contributed by atoms with Crippen LogP contribution in [0, 0.1) is 19.3 Å². The van der Waals surface area contributed by atoms with E-state index in [1.165, 1.54) is 0 Å². The van der Waals surface area contributed by atoms with Gasteiger partial charge in [0.25, 0.3) is 5.56 Å². The Balaban J connectivity index is 1.47. The van der Waals surface area contributed by atoms with Gasteiger partial charge >= 0.3 is 0 Å². The number of carbonyl (C=O) groups excluding carboxylic acids is 2. The molecule has 0 bridgehead atoms. The molecule has 0 aliphatic carbocycles. The highest BCUT2D eigenvalue weighted by Gasteiger charge is 2.45. The highest BCUT2D eigenvalue weighted by molar-refractivity contribution is 6.19. The third-order valence-corrected chi connectivity index (χ3v) is 8.08. The fraction of sp³-hybridized carbons (Fsp3) is 0.375. The first kappa shape index (κ1) is 28.3. The summed E-state index contributed by atoms with van der Waals surface area (Å²) in [4.78, 5) is 49.8. The minimum atomic E-state index is -1.16. The number of aromatic nitrogens is 2. The molecule has 0 N–H and O–H groups in total. The number of aryl methyl sites for hydroxylation is 2. The van der Waals surface area contributed by atoms with Gasteiger partial charge in [0, 0.05) is 63.4 Å². The van der Waals surface area contributed by atoms with Crippen molar-refractivity contribution in [2.45, 2.75) is 54.3 Å². The van der Waals surface area contributed by atoms with Crippen LogP contribution in [-0.2, 0) is 29.2 Å². The van der Waals surface area contributed by atoms with Crippen LogP contribution >= 0.6 is 0 Å². The molecule has 0 radical (unpaired) electrons. The Kier molecular flexibility index (Phi) is 7.57. The number of hydrogen-bond acceptors (Lipinski definition) is 6. The summed E-state index contributed by atoms with van der Waals surface area (Å²) < 4.78 is 7.23. The number of pyridine rings is 2. The van der Waals surface area contributed by atoms with Crippen molar-refractivity contribution in [1.82, 2.24) is 14.5 Å². The number of anilines is 2. The number of rotatable bonds is 8. The minimum absolute atomic E-state index is 0.0663. The van der Waals surface area contributed by atoms with Crippen LogP contribution in [0.2, 0.25) is 0 Å². The molecule has 214 valence electrons. The van der Waals surface area contributed by atoms with E-state index in [0.29, 0.717) is 49.4 Å². The number of amides is 2. The molecule has 0 spiro atoms. The van der Waals surface area contributed by atoms with E-state index in [1.54, 1.807) is 53.9 Å².